The summed E-state index contributed by atoms with van der Waals surface area (Å²) in [6, 6.07) is 14.1. The van der Waals surface area contributed by atoms with E-state index in [-0.39, 0.29) is 29.6 Å². The fraction of sp³-hybridized carbons (Fsp3) is 0.435. The fourth-order valence-corrected chi connectivity index (χ4v) is 2.65. The first kappa shape index (κ1) is 26.0. The molecule has 0 saturated carbocycles. The van der Waals surface area contributed by atoms with E-state index in [4.69, 9.17) is 14.2 Å². The SMILES string of the molecule is CCOc1ccc(NC(=NC)NCc2cccc(COC(C)(C)C)c2)cc1OC.I. The lowest BCUT2D eigenvalue weighted by atomic mass is 10.1. The van der Waals surface area contributed by atoms with Crippen LogP contribution in [0.25, 0.3) is 0 Å². The van der Waals surface area contributed by atoms with E-state index in [0.717, 1.165) is 22.6 Å². The molecule has 30 heavy (non-hydrogen) atoms. The number of aliphatic imine (C=N–C) groups is 1. The number of hydrogen-bond acceptors (Lipinski definition) is 4. The first-order valence-corrected chi connectivity index (χ1v) is 9.85. The second-order valence-corrected chi connectivity index (χ2v) is 7.57. The van der Waals surface area contributed by atoms with Gasteiger partial charge in [0.2, 0.25) is 0 Å². The van der Waals surface area contributed by atoms with Crippen molar-refractivity contribution in [2.24, 2.45) is 4.99 Å². The number of hydrogen-bond donors (Lipinski definition) is 2. The van der Waals surface area contributed by atoms with Crippen LogP contribution in [-0.4, -0.2) is 32.3 Å². The maximum Gasteiger partial charge on any atom is 0.195 e. The molecule has 0 aliphatic carbocycles. The molecule has 0 amide bonds. The predicted molar refractivity (Wildman–Crippen MR) is 134 cm³/mol. The van der Waals surface area contributed by atoms with Gasteiger partial charge in [0.15, 0.2) is 17.5 Å². The molecule has 0 radical (unpaired) electrons. The monoisotopic (exact) mass is 527 g/mol. The molecular formula is C23H34IN3O3. The molecule has 6 nitrogen and oxygen atoms in total. The van der Waals surface area contributed by atoms with Gasteiger partial charge in [-0.05, 0) is 51.0 Å². The van der Waals surface area contributed by atoms with Crippen molar-refractivity contribution in [3.63, 3.8) is 0 Å². The molecule has 166 valence electrons. The maximum atomic E-state index is 5.87. The smallest absolute Gasteiger partial charge is 0.195 e. The molecule has 2 aromatic carbocycles. The molecule has 0 unspecified atom stereocenters. The number of halogens is 1. The zero-order valence-electron chi connectivity index (χ0n) is 18.7. The molecule has 0 aromatic heterocycles. The van der Waals surface area contributed by atoms with E-state index in [9.17, 15) is 0 Å². The zero-order valence-corrected chi connectivity index (χ0v) is 21.1. The summed E-state index contributed by atoms with van der Waals surface area (Å²) in [4.78, 5) is 4.30. The van der Waals surface area contributed by atoms with Crippen molar-refractivity contribution in [2.75, 3.05) is 26.1 Å². The first-order valence-electron chi connectivity index (χ1n) is 9.85. The van der Waals surface area contributed by atoms with Crippen LogP contribution in [0.1, 0.15) is 38.8 Å². The Morgan fingerprint density at radius 3 is 2.40 bits per heavy atom. The van der Waals surface area contributed by atoms with Crippen molar-refractivity contribution in [1.29, 1.82) is 0 Å². The number of methoxy groups -OCH3 is 1. The third kappa shape index (κ3) is 8.79. The summed E-state index contributed by atoms with van der Waals surface area (Å²) in [6.07, 6.45) is 0. The minimum Gasteiger partial charge on any atom is -0.493 e. The summed E-state index contributed by atoms with van der Waals surface area (Å²) in [7, 11) is 3.37. The molecule has 0 heterocycles. The normalized spacial score (nSPS) is 11.5. The molecule has 0 atom stereocenters. The summed E-state index contributed by atoms with van der Waals surface area (Å²) in [5, 5.41) is 6.62. The van der Waals surface area contributed by atoms with E-state index in [1.165, 1.54) is 0 Å². The lowest BCUT2D eigenvalue weighted by Crippen LogP contribution is -2.30. The van der Waals surface area contributed by atoms with E-state index >= 15 is 0 Å². The van der Waals surface area contributed by atoms with Gasteiger partial charge in [0, 0.05) is 25.3 Å². The Balaban J connectivity index is 0.00000450. The molecule has 2 N–H and O–H groups in total. The number of rotatable bonds is 8. The van der Waals surface area contributed by atoms with Gasteiger partial charge in [-0.3, -0.25) is 4.99 Å². The van der Waals surface area contributed by atoms with Crippen LogP contribution in [0, 0.1) is 0 Å². The number of benzene rings is 2. The topological polar surface area (TPSA) is 64.1 Å². The number of guanidine groups is 1. The molecule has 0 aliphatic rings. The Morgan fingerprint density at radius 2 is 1.77 bits per heavy atom. The highest BCUT2D eigenvalue weighted by Crippen LogP contribution is 2.30. The summed E-state index contributed by atoms with van der Waals surface area (Å²) in [5.74, 6) is 2.07. The van der Waals surface area contributed by atoms with Gasteiger partial charge in [-0.1, -0.05) is 24.3 Å². The van der Waals surface area contributed by atoms with Crippen LogP contribution >= 0.6 is 24.0 Å². The van der Waals surface area contributed by atoms with Crippen LogP contribution in [0.5, 0.6) is 11.5 Å². The van der Waals surface area contributed by atoms with Gasteiger partial charge >= 0.3 is 0 Å². The lowest BCUT2D eigenvalue weighted by molar-refractivity contribution is -0.0149. The minimum absolute atomic E-state index is 0. The highest BCUT2D eigenvalue weighted by Gasteiger charge is 2.10. The zero-order chi connectivity index (χ0) is 21.3. The van der Waals surface area contributed by atoms with Crippen LogP contribution in [0.4, 0.5) is 5.69 Å². The van der Waals surface area contributed by atoms with Crippen LogP contribution in [0.3, 0.4) is 0 Å². The summed E-state index contributed by atoms with van der Waals surface area (Å²) in [6.45, 7) is 9.96. The van der Waals surface area contributed by atoms with E-state index in [2.05, 4.69) is 54.6 Å². The van der Waals surface area contributed by atoms with E-state index in [0.29, 0.717) is 31.5 Å². The summed E-state index contributed by atoms with van der Waals surface area (Å²) in [5.41, 5.74) is 3.02. The van der Waals surface area contributed by atoms with Crippen LogP contribution in [0.2, 0.25) is 0 Å². The maximum absolute atomic E-state index is 5.87. The largest absolute Gasteiger partial charge is 0.493 e. The third-order valence-corrected chi connectivity index (χ3v) is 4.07. The minimum atomic E-state index is -0.154. The number of nitrogens with one attached hydrogen (secondary N) is 2. The number of nitrogens with zero attached hydrogens (tertiary/aromatic N) is 1. The highest BCUT2D eigenvalue weighted by atomic mass is 127. The van der Waals surface area contributed by atoms with Crippen molar-refractivity contribution in [1.82, 2.24) is 5.32 Å². The molecule has 0 bridgehead atoms. The van der Waals surface area contributed by atoms with Gasteiger partial charge in [0.25, 0.3) is 0 Å². The third-order valence-electron chi connectivity index (χ3n) is 4.07. The van der Waals surface area contributed by atoms with Crippen molar-refractivity contribution < 1.29 is 14.2 Å². The van der Waals surface area contributed by atoms with Gasteiger partial charge in [-0.2, -0.15) is 0 Å². The Morgan fingerprint density at radius 1 is 1.03 bits per heavy atom. The predicted octanol–water partition coefficient (Wildman–Crippen LogP) is 5.21. The number of anilines is 1. The average Bonchev–Trinajstić information content (AvgIpc) is 2.70. The molecule has 2 rings (SSSR count). The van der Waals surface area contributed by atoms with Gasteiger partial charge in [-0.15, -0.1) is 24.0 Å². The van der Waals surface area contributed by atoms with Crippen molar-refractivity contribution >= 4 is 35.6 Å². The van der Waals surface area contributed by atoms with Crippen molar-refractivity contribution in [2.45, 2.75) is 46.4 Å². The molecular weight excluding hydrogens is 493 g/mol. The molecule has 0 aliphatic heterocycles. The Hall–Kier alpha value is -2.00. The van der Waals surface area contributed by atoms with Gasteiger partial charge < -0.3 is 24.8 Å². The molecule has 0 spiro atoms. The highest BCUT2D eigenvalue weighted by molar-refractivity contribution is 14.0. The van der Waals surface area contributed by atoms with Crippen LogP contribution in [-0.2, 0) is 17.9 Å². The molecule has 2 aromatic rings. The summed E-state index contributed by atoms with van der Waals surface area (Å²) < 4.78 is 16.8. The van der Waals surface area contributed by atoms with Gasteiger partial charge in [0.05, 0.1) is 25.9 Å². The van der Waals surface area contributed by atoms with E-state index < -0.39 is 0 Å². The van der Waals surface area contributed by atoms with Crippen molar-refractivity contribution in [3.05, 3.63) is 53.6 Å². The summed E-state index contributed by atoms with van der Waals surface area (Å²) >= 11 is 0. The van der Waals surface area contributed by atoms with E-state index in [1.807, 2.05) is 31.2 Å². The van der Waals surface area contributed by atoms with Gasteiger partial charge in [0.1, 0.15) is 0 Å². The van der Waals surface area contributed by atoms with E-state index in [1.54, 1.807) is 14.2 Å². The average molecular weight is 527 g/mol. The van der Waals surface area contributed by atoms with Crippen LogP contribution < -0.4 is 20.1 Å². The molecule has 0 fully saturated rings. The van der Waals surface area contributed by atoms with Gasteiger partial charge in [-0.25, -0.2) is 0 Å². The second kappa shape index (κ2) is 12.6. The quantitative estimate of drug-likeness (QED) is 0.280. The fourth-order valence-electron chi connectivity index (χ4n) is 2.65. The molecule has 0 saturated heterocycles. The second-order valence-electron chi connectivity index (χ2n) is 7.57. The molecule has 7 heteroatoms. The first-order chi connectivity index (χ1) is 13.8. The van der Waals surface area contributed by atoms with Crippen LogP contribution in [0.15, 0.2) is 47.5 Å². The standard InChI is InChI=1S/C23H33N3O3.HI/c1-7-28-20-12-11-19(14-21(20)27-6)26-22(24-5)25-15-17-9-8-10-18(13-17)16-29-23(2,3)4;/h8-14H,7,15-16H2,1-6H3,(H2,24,25,26);1H. The number of ether oxygens (including phenoxy) is 3. The lowest BCUT2D eigenvalue weighted by Gasteiger charge is -2.20. The van der Waals surface area contributed by atoms with Crippen molar-refractivity contribution in [3.8, 4) is 11.5 Å². The Bertz CT molecular complexity index is 820. The Labute approximate surface area is 197 Å². The Kier molecular flexibility index (Phi) is 11.0.